The van der Waals surface area contributed by atoms with Gasteiger partial charge >= 0.3 is 0 Å². The first kappa shape index (κ1) is 15.9. The van der Waals surface area contributed by atoms with Crippen LogP contribution in [0.1, 0.15) is 6.42 Å². The monoisotopic (exact) mass is 325 g/mol. The first-order chi connectivity index (χ1) is 10.4. The van der Waals surface area contributed by atoms with Gasteiger partial charge in [-0.2, -0.15) is 5.10 Å². The minimum absolute atomic E-state index is 0.111. The van der Waals surface area contributed by atoms with Crippen LogP contribution in [0.4, 0.5) is 5.69 Å². The SMILES string of the molecule is COc1ccc(S(N)(=O)=O)cc1NC(=O)CCn1cncn1. The van der Waals surface area contributed by atoms with Crippen molar-refractivity contribution in [3.05, 3.63) is 30.9 Å². The lowest BCUT2D eigenvalue weighted by atomic mass is 10.2. The summed E-state index contributed by atoms with van der Waals surface area (Å²) >= 11 is 0. The Bertz CT molecular complexity index is 758. The molecule has 0 atom stereocenters. The van der Waals surface area contributed by atoms with Gasteiger partial charge in [0.1, 0.15) is 18.4 Å². The lowest BCUT2D eigenvalue weighted by molar-refractivity contribution is -0.116. The van der Waals surface area contributed by atoms with Crippen molar-refractivity contribution in [1.82, 2.24) is 14.8 Å². The Balaban J connectivity index is 2.11. The number of aryl methyl sites for hydroxylation is 1. The maximum absolute atomic E-state index is 11.9. The third-order valence-electron chi connectivity index (χ3n) is 2.81. The molecule has 0 aliphatic heterocycles. The van der Waals surface area contributed by atoms with Gasteiger partial charge in [0.15, 0.2) is 0 Å². The molecular weight excluding hydrogens is 310 g/mol. The number of carbonyl (C=O) groups excluding carboxylic acids is 1. The van der Waals surface area contributed by atoms with Crippen LogP contribution in [-0.2, 0) is 21.4 Å². The van der Waals surface area contributed by atoms with E-state index in [4.69, 9.17) is 9.88 Å². The fourth-order valence-electron chi connectivity index (χ4n) is 1.74. The van der Waals surface area contributed by atoms with Crippen LogP contribution >= 0.6 is 0 Å². The molecule has 0 spiro atoms. The molecule has 10 heteroatoms. The first-order valence-corrected chi connectivity index (χ1v) is 7.78. The number of sulfonamides is 1. The number of aromatic nitrogens is 3. The van der Waals surface area contributed by atoms with Gasteiger partial charge in [0.2, 0.25) is 15.9 Å². The molecule has 3 N–H and O–H groups in total. The molecule has 1 amide bonds. The Morgan fingerprint density at radius 1 is 1.45 bits per heavy atom. The largest absolute Gasteiger partial charge is 0.495 e. The third kappa shape index (κ3) is 4.02. The van der Waals surface area contributed by atoms with E-state index in [0.29, 0.717) is 12.3 Å². The van der Waals surface area contributed by atoms with E-state index in [2.05, 4.69) is 15.4 Å². The van der Waals surface area contributed by atoms with E-state index in [-0.39, 0.29) is 22.9 Å². The van der Waals surface area contributed by atoms with Gasteiger partial charge in [-0.15, -0.1) is 0 Å². The van der Waals surface area contributed by atoms with Crippen LogP contribution in [0, 0.1) is 0 Å². The molecule has 0 radical (unpaired) electrons. The molecular formula is C12H15N5O4S. The summed E-state index contributed by atoms with van der Waals surface area (Å²) in [7, 11) is -2.45. The van der Waals surface area contributed by atoms with Gasteiger partial charge in [0.05, 0.1) is 24.2 Å². The lowest BCUT2D eigenvalue weighted by Gasteiger charge is -2.11. The number of rotatable bonds is 6. The zero-order valence-electron chi connectivity index (χ0n) is 11.8. The molecule has 0 bridgehead atoms. The summed E-state index contributed by atoms with van der Waals surface area (Å²) in [5.41, 5.74) is 0.234. The summed E-state index contributed by atoms with van der Waals surface area (Å²) in [4.78, 5) is 15.6. The van der Waals surface area contributed by atoms with Gasteiger partial charge in [-0.3, -0.25) is 9.48 Å². The molecule has 0 saturated carbocycles. The number of hydrogen-bond donors (Lipinski definition) is 2. The standard InChI is InChI=1S/C12H15N5O4S/c1-21-11-3-2-9(22(13,19)20)6-10(11)16-12(18)4-5-17-8-14-7-15-17/h2-3,6-8H,4-5H2,1H3,(H,16,18)(H2,13,19,20). The van der Waals surface area contributed by atoms with Gasteiger partial charge in [-0.25, -0.2) is 18.5 Å². The second kappa shape index (κ2) is 6.54. The zero-order chi connectivity index (χ0) is 16.2. The summed E-state index contributed by atoms with van der Waals surface area (Å²) in [6, 6.07) is 3.98. The van der Waals surface area contributed by atoms with Crippen LogP contribution in [0.3, 0.4) is 0 Å². The lowest BCUT2D eigenvalue weighted by Crippen LogP contribution is -2.17. The number of nitrogens with two attached hydrogens (primary N) is 1. The van der Waals surface area contributed by atoms with Crippen molar-refractivity contribution < 1.29 is 17.9 Å². The van der Waals surface area contributed by atoms with E-state index < -0.39 is 10.0 Å². The Labute approximate surface area is 127 Å². The predicted molar refractivity (Wildman–Crippen MR) is 77.6 cm³/mol. The highest BCUT2D eigenvalue weighted by Crippen LogP contribution is 2.27. The van der Waals surface area contributed by atoms with E-state index in [0.717, 1.165) is 0 Å². The highest BCUT2D eigenvalue weighted by Gasteiger charge is 2.14. The number of carbonyl (C=O) groups is 1. The van der Waals surface area contributed by atoms with Gasteiger partial charge in [-0.1, -0.05) is 0 Å². The number of primary sulfonamides is 1. The number of methoxy groups -OCH3 is 1. The van der Waals surface area contributed by atoms with Crippen LogP contribution < -0.4 is 15.2 Å². The Kier molecular flexibility index (Phi) is 4.73. The molecule has 0 unspecified atom stereocenters. The fraction of sp³-hybridized carbons (Fsp3) is 0.250. The molecule has 0 aliphatic carbocycles. The normalized spacial score (nSPS) is 11.2. The number of nitrogens with one attached hydrogen (secondary N) is 1. The predicted octanol–water partition coefficient (Wildman–Crippen LogP) is -0.0371. The fourth-order valence-corrected chi connectivity index (χ4v) is 2.28. The average Bonchev–Trinajstić information content (AvgIpc) is 2.97. The van der Waals surface area contributed by atoms with Gasteiger partial charge in [-0.05, 0) is 18.2 Å². The van der Waals surface area contributed by atoms with Gasteiger partial charge < -0.3 is 10.1 Å². The van der Waals surface area contributed by atoms with Gasteiger partial charge in [0.25, 0.3) is 0 Å². The molecule has 118 valence electrons. The van der Waals surface area contributed by atoms with Crippen LogP contribution in [0.15, 0.2) is 35.7 Å². The molecule has 2 rings (SSSR count). The van der Waals surface area contributed by atoms with Crippen LogP contribution in [0.2, 0.25) is 0 Å². The third-order valence-corrected chi connectivity index (χ3v) is 3.72. The molecule has 22 heavy (non-hydrogen) atoms. The molecule has 1 aromatic heterocycles. The number of anilines is 1. The van der Waals surface area contributed by atoms with E-state index in [1.807, 2.05) is 0 Å². The van der Waals surface area contributed by atoms with Crippen molar-refractivity contribution in [2.45, 2.75) is 17.9 Å². The summed E-state index contributed by atoms with van der Waals surface area (Å²) in [5.74, 6) is 0.0156. The summed E-state index contributed by atoms with van der Waals surface area (Å²) in [6.45, 7) is 0.350. The Hall–Kier alpha value is -2.46. The van der Waals surface area contributed by atoms with Crippen molar-refractivity contribution >= 4 is 21.6 Å². The van der Waals surface area contributed by atoms with Crippen molar-refractivity contribution in [1.29, 1.82) is 0 Å². The number of benzene rings is 1. The van der Waals surface area contributed by atoms with E-state index in [1.165, 1.54) is 42.6 Å². The smallest absolute Gasteiger partial charge is 0.238 e. The van der Waals surface area contributed by atoms with Crippen molar-refractivity contribution in [2.24, 2.45) is 5.14 Å². The summed E-state index contributed by atoms with van der Waals surface area (Å²) < 4.78 is 29.3. The van der Waals surface area contributed by atoms with E-state index >= 15 is 0 Å². The van der Waals surface area contributed by atoms with E-state index in [9.17, 15) is 13.2 Å². The molecule has 0 aliphatic rings. The van der Waals surface area contributed by atoms with Crippen molar-refractivity contribution in [3.63, 3.8) is 0 Å². The van der Waals surface area contributed by atoms with Crippen molar-refractivity contribution in [2.75, 3.05) is 12.4 Å². The quantitative estimate of drug-likeness (QED) is 0.767. The minimum Gasteiger partial charge on any atom is -0.495 e. The average molecular weight is 325 g/mol. The molecule has 0 fully saturated rings. The second-order valence-electron chi connectivity index (χ2n) is 4.36. The number of nitrogens with zero attached hydrogens (tertiary/aromatic N) is 3. The highest BCUT2D eigenvalue weighted by molar-refractivity contribution is 7.89. The molecule has 9 nitrogen and oxygen atoms in total. The summed E-state index contributed by atoms with van der Waals surface area (Å²) in [6.07, 6.45) is 3.01. The van der Waals surface area contributed by atoms with Crippen LogP contribution in [0.25, 0.3) is 0 Å². The van der Waals surface area contributed by atoms with E-state index in [1.54, 1.807) is 0 Å². The zero-order valence-corrected chi connectivity index (χ0v) is 12.6. The minimum atomic E-state index is -3.86. The maximum atomic E-state index is 11.9. The Morgan fingerprint density at radius 2 is 2.23 bits per heavy atom. The molecule has 1 aromatic carbocycles. The summed E-state index contributed by atoms with van der Waals surface area (Å²) in [5, 5.41) is 11.5. The topological polar surface area (TPSA) is 129 Å². The maximum Gasteiger partial charge on any atom is 0.238 e. The Morgan fingerprint density at radius 3 is 2.82 bits per heavy atom. The molecule has 1 heterocycles. The molecule has 0 saturated heterocycles. The first-order valence-electron chi connectivity index (χ1n) is 6.23. The van der Waals surface area contributed by atoms with Gasteiger partial charge in [0, 0.05) is 6.42 Å². The highest BCUT2D eigenvalue weighted by atomic mass is 32.2. The van der Waals surface area contributed by atoms with Crippen LogP contribution in [0.5, 0.6) is 5.75 Å². The molecule has 2 aromatic rings. The number of amides is 1. The van der Waals surface area contributed by atoms with Crippen LogP contribution in [-0.4, -0.2) is 36.2 Å². The number of ether oxygens (including phenoxy) is 1. The number of hydrogen-bond acceptors (Lipinski definition) is 6. The second-order valence-corrected chi connectivity index (χ2v) is 5.93. The van der Waals surface area contributed by atoms with Crippen molar-refractivity contribution in [3.8, 4) is 5.75 Å².